The Morgan fingerprint density at radius 1 is 1.90 bits per heavy atom. The molecule has 0 aromatic heterocycles. The van der Waals surface area contributed by atoms with Crippen LogP contribution < -0.4 is 0 Å². The first-order chi connectivity index (χ1) is 4.85. The Labute approximate surface area is 59.4 Å². The van der Waals surface area contributed by atoms with Crippen molar-refractivity contribution in [2.45, 2.75) is 13.3 Å². The Kier molecular flexibility index (Phi) is 4.84. The monoisotopic (exact) mass is 136 g/mol. The fourth-order valence-electron chi connectivity index (χ4n) is 0.500. The SMILES string of the molecule is CC/C=C(\C#N)CN=[N+]=[N-]. The lowest BCUT2D eigenvalue weighted by Gasteiger charge is -1.86. The molecule has 0 aliphatic rings. The van der Waals surface area contributed by atoms with Crippen molar-refractivity contribution >= 4 is 0 Å². The highest BCUT2D eigenvalue weighted by Crippen LogP contribution is 1.94. The zero-order valence-electron chi connectivity index (χ0n) is 5.78. The Hall–Kier alpha value is -1.46. The number of nitrogens with zero attached hydrogens (tertiary/aromatic N) is 4. The van der Waals surface area contributed by atoms with Crippen molar-refractivity contribution in [2.24, 2.45) is 5.11 Å². The minimum Gasteiger partial charge on any atom is -0.193 e. The summed E-state index contributed by atoms with van der Waals surface area (Å²) < 4.78 is 0. The van der Waals surface area contributed by atoms with E-state index in [1.54, 1.807) is 6.08 Å². The van der Waals surface area contributed by atoms with Crippen molar-refractivity contribution in [1.82, 2.24) is 0 Å². The lowest BCUT2D eigenvalue weighted by atomic mass is 10.2. The van der Waals surface area contributed by atoms with E-state index in [9.17, 15) is 0 Å². The van der Waals surface area contributed by atoms with Gasteiger partial charge in [0.1, 0.15) is 0 Å². The first-order valence-corrected chi connectivity index (χ1v) is 2.95. The van der Waals surface area contributed by atoms with Crippen molar-refractivity contribution in [3.05, 3.63) is 22.1 Å². The number of azide groups is 1. The highest BCUT2D eigenvalue weighted by molar-refractivity contribution is 5.21. The molecular weight excluding hydrogens is 128 g/mol. The van der Waals surface area contributed by atoms with E-state index in [2.05, 4.69) is 10.0 Å². The molecule has 0 aliphatic carbocycles. The van der Waals surface area contributed by atoms with Gasteiger partial charge in [-0.1, -0.05) is 18.1 Å². The van der Waals surface area contributed by atoms with E-state index in [1.807, 2.05) is 13.0 Å². The summed E-state index contributed by atoms with van der Waals surface area (Å²) in [4.78, 5) is 2.54. The van der Waals surface area contributed by atoms with Gasteiger partial charge in [-0.25, -0.2) is 0 Å². The first-order valence-electron chi connectivity index (χ1n) is 2.95. The molecule has 0 aromatic carbocycles. The Morgan fingerprint density at radius 3 is 3.00 bits per heavy atom. The molecule has 0 saturated carbocycles. The maximum atomic E-state index is 8.38. The Balaban J connectivity index is 3.99. The smallest absolute Gasteiger partial charge is 0.0945 e. The molecule has 0 atom stereocenters. The molecule has 0 radical (unpaired) electrons. The summed E-state index contributed by atoms with van der Waals surface area (Å²) in [6.07, 6.45) is 2.54. The maximum Gasteiger partial charge on any atom is 0.0945 e. The van der Waals surface area contributed by atoms with Gasteiger partial charge < -0.3 is 0 Å². The predicted octanol–water partition coefficient (Wildman–Crippen LogP) is 2.16. The summed E-state index contributed by atoms with van der Waals surface area (Å²) in [7, 11) is 0. The third kappa shape index (κ3) is 3.53. The zero-order valence-corrected chi connectivity index (χ0v) is 5.78. The van der Waals surface area contributed by atoms with Gasteiger partial charge >= 0.3 is 0 Å². The van der Waals surface area contributed by atoms with Crippen molar-refractivity contribution in [3.8, 4) is 6.07 Å². The van der Waals surface area contributed by atoms with Crippen LogP contribution in [-0.4, -0.2) is 6.54 Å². The summed E-state index contributed by atoms with van der Waals surface area (Å²) in [5.41, 5.74) is 8.43. The van der Waals surface area contributed by atoms with Crippen LogP contribution in [0.25, 0.3) is 10.4 Å². The van der Waals surface area contributed by atoms with Crippen molar-refractivity contribution < 1.29 is 0 Å². The van der Waals surface area contributed by atoms with E-state index >= 15 is 0 Å². The largest absolute Gasteiger partial charge is 0.193 e. The van der Waals surface area contributed by atoms with Crippen LogP contribution in [0.2, 0.25) is 0 Å². The van der Waals surface area contributed by atoms with Crippen LogP contribution in [0, 0.1) is 11.3 Å². The molecule has 52 valence electrons. The average molecular weight is 136 g/mol. The number of hydrogen-bond acceptors (Lipinski definition) is 2. The molecule has 0 rings (SSSR count). The van der Waals surface area contributed by atoms with Gasteiger partial charge in [0.2, 0.25) is 0 Å². The second-order valence-electron chi connectivity index (χ2n) is 1.64. The predicted molar refractivity (Wildman–Crippen MR) is 38.0 cm³/mol. The van der Waals surface area contributed by atoms with E-state index < -0.39 is 0 Å². The molecule has 0 unspecified atom stereocenters. The van der Waals surface area contributed by atoms with Gasteiger partial charge in [0.25, 0.3) is 0 Å². The van der Waals surface area contributed by atoms with Crippen LogP contribution in [-0.2, 0) is 0 Å². The highest BCUT2D eigenvalue weighted by Gasteiger charge is 1.88. The molecule has 4 nitrogen and oxygen atoms in total. The van der Waals surface area contributed by atoms with Crippen LogP contribution in [0.3, 0.4) is 0 Å². The summed E-state index contributed by atoms with van der Waals surface area (Å²) in [5.74, 6) is 0. The van der Waals surface area contributed by atoms with Gasteiger partial charge in [0.15, 0.2) is 0 Å². The van der Waals surface area contributed by atoms with Crippen molar-refractivity contribution in [2.75, 3.05) is 6.54 Å². The quantitative estimate of drug-likeness (QED) is 0.253. The second-order valence-corrected chi connectivity index (χ2v) is 1.64. The van der Waals surface area contributed by atoms with Crippen LogP contribution in [0.5, 0.6) is 0 Å². The number of allylic oxidation sites excluding steroid dienone is 1. The number of rotatable bonds is 3. The molecular formula is C6H8N4. The molecule has 0 spiro atoms. The summed E-state index contributed by atoms with van der Waals surface area (Å²) in [5, 5.41) is 11.6. The fraction of sp³-hybridized carbons (Fsp3) is 0.500. The van der Waals surface area contributed by atoms with E-state index in [1.165, 1.54) is 0 Å². The average Bonchev–Trinajstić information content (AvgIpc) is 1.98. The summed E-state index contributed by atoms with van der Waals surface area (Å²) >= 11 is 0. The zero-order chi connectivity index (χ0) is 7.82. The molecule has 10 heavy (non-hydrogen) atoms. The topological polar surface area (TPSA) is 72.5 Å². The van der Waals surface area contributed by atoms with Gasteiger partial charge in [0.05, 0.1) is 12.6 Å². The van der Waals surface area contributed by atoms with E-state index in [-0.39, 0.29) is 6.54 Å². The van der Waals surface area contributed by atoms with Crippen LogP contribution in [0.15, 0.2) is 16.8 Å². The summed E-state index contributed by atoms with van der Waals surface area (Å²) in [6, 6.07) is 1.93. The minimum atomic E-state index is 0.167. The lowest BCUT2D eigenvalue weighted by molar-refractivity contribution is 1.11. The molecule has 0 saturated heterocycles. The third-order valence-corrected chi connectivity index (χ3v) is 0.898. The molecule has 0 N–H and O–H groups in total. The molecule has 0 heterocycles. The highest BCUT2D eigenvalue weighted by atomic mass is 15.1. The maximum absolute atomic E-state index is 8.38. The molecule has 0 bridgehead atoms. The Bertz CT molecular complexity index is 204. The standard InChI is InChI=1S/C6H8N4/c1-2-3-6(4-7)5-9-10-8/h3H,2,5H2,1H3/b6-3+. The van der Waals surface area contributed by atoms with Gasteiger partial charge in [-0.15, -0.1) is 0 Å². The van der Waals surface area contributed by atoms with E-state index in [4.69, 9.17) is 10.8 Å². The summed E-state index contributed by atoms with van der Waals surface area (Å²) in [6.45, 7) is 2.09. The number of hydrogen-bond donors (Lipinski definition) is 0. The van der Waals surface area contributed by atoms with Crippen LogP contribution in [0.4, 0.5) is 0 Å². The first kappa shape index (κ1) is 8.54. The van der Waals surface area contributed by atoms with Gasteiger partial charge in [-0.3, -0.25) is 0 Å². The van der Waals surface area contributed by atoms with E-state index in [0.29, 0.717) is 5.57 Å². The van der Waals surface area contributed by atoms with E-state index in [0.717, 1.165) is 6.42 Å². The molecule has 0 fully saturated rings. The van der Waals surface area contributed by atoms with Gasteiger partial charge in [0, 0.05) is 10.5 Å². The fourth-order valence-corrected chi connectivity index (χ4v) is 0.500. The Morgan fingerprint density at radius 2 is 2.60 bits per heavy atom. The minimum absolute atomic E-state index is 0.167. The molecule has 0 amide bonds. The van der Waals surface area contributed by atoms with Crippen LogP contribution >= 0.6 is 0 Å². The third-order valence-electron chi connectivity index (χ3n) is 0.898. The molecule has 0 aliphatic heterocycles. The lowest BCUT2D eigenvalue weighted by Crippen LogP contribution is -1.81. The molecule has 4 heteroatoms. The van der Waals surface area contributed by atoms with Crippen molar-refractivity contribution in [1.29, 1.82) is 5.26 Å². The second kappa shape index (κ2) is 5.67. The van der Waals surface area contributed by atoms with Crippen LogP contribution in [0.1, 0.15) is 13.3 Å². The molecule has 0 aromatic rings. The van der Waals surface area contributed by atoms with Gasteiger partial charge in [-0.2, -0.15) is 5.26 Å². The van der Waals surface area contributed by atoms with Gasteiger partial charge in [-0.05, 0) is 12.0 Å². The normalized spacial score (nSPS) is 9.80. The number of nitriles is 1. The van der Waals surface area contributed by atoms with Crippen molar-refractivity contribution in [3.63, 3.8) is 0 Å².